The number of aromatic nitrogens is 1. The molecule has 2 N–H and O–H groups in total. The Balaban J connectivity index is 0.00000288. The number of guanidine groups is 1. The van der Waals surface area contributed by atoms with Gasteiger partial charge >= 0.3 is 0 Å². The minimum Gasteiger partial charge on any atom is -0.357 e. The molecule has 24 heavy (non-hydrogen) atoms. The van der Waals surface area contributed by atoms with Gasteiger partial charge in [0.05, 0.1) is 23.8 Å². The maximum atomic E-state index is 4.71. The summed E-state index contributed by atoms with van der Waals surface area (Å²) in [5, 5.41) is 9.92. The first-order valence-electron chi connectivity index (χ1n) is 8.00. The zero-order chi connectivity index (χ0) is 16.7. The van der Waals surface area contributed by atoms with Crippen molar-refractivity contribution in [2.24, 2.45) is 4.99 Å². The molecular weight excluding hydrogens is 431 g/mol. The number of nitrogens with one attached hydrogen (secondary N) is 2. The Hall–Kier alpha value is -1.15. The molecule has 0 bridgehead atoms. The lowest BCUT2D eigenvalue weighted by atomic mass is 9.98. The minimum absolute atomic E-state index is 0. The molecule has 0 radical (unpaired) electrons. The third-order valence-corrected chi connectivity index (χ3v) is 4.55. The Morgan fingerprint density at radius 1 is 1.17 bits per heavy atom. The van der Waals surface area contributed by atoms with Crippen LogP contribution in [0.1, 0.15) is 44.0 Å². The molecule has 0 saturated heterocycles. The van der Waals surface area contributed by atoms with Gasteiger partial charge in [0.2, 0.25) is 0 Å². The van der Waals surface area contributed by atoms with E-state index in [0.29, 0.717) is 13.1 Å². The van der Waals surface area contributed by atoms with Crippen LogP contribution >= 0.6 is 35.3 Å². The first kappa shape index (κ1) is 20.9. The fraction of sp³-hybridized carbons (Fsp3) is 0.444. The summed E-state index contributed by atoms with van der Waals surface area (Å²) in [6.07, 6.45) is 0. The Bertz CT molecular complexity index is 632. The van der Waals surface area contributed by atoms with E-state index in [-0.39, 0.29) is 29.4 Å². The van der Waals surface area contributed by atoms with E-state index >= 15 is 0 Å². The maximum absolute atomic E-state index is 4.71. The Morgan fingerprint density at radius 2 is 1.88 bits per heavy atom. The van der Waals surface area contributed by atoms with Crippen molar-refractivity contribution in [1.29, 1.82) is 0 Å². The van der Waals surface area contributed by atoms with Crippen LogP contribution in [0.25, 0.3) is 0 Å². The summed E-state index contributed by atoms with van der Waals surface area (Å²) < 4.78 is 0. The quantitative estimate of drug-likeness (QED) is 0.399. The van der Waals surface area contributed by atoms with E-state index < -0.39 is 0 Å². The standard InChI is InChI=1S/C18H26N4S.HI/c1-5-19-17(20-11-14-9-7-6-8-10-14)21-12-15-13-23-16(22-15)18(2,3)4;/h6-10,13H,5,11-12H2,1-4H3,(H2,19,20,21);1H. The number of rotatable bonds is 5. The lowest BCUT2D eigenvalue weighted by Crippen LogP contribution is -2.36. The molecule has 2 aromatic rings. The van der Waals surface area contributed by atoms with Crippen LogP contribution in [0.2, 0.25) is 0 Å². The van der Waals surface area contributed by atoms with Crippen LogP contribution < -0.4 is 10.6 Å². The number of hydrogen-bond acceptors (Lipinski definition) is 3. The van der Waals surface area contributed by atoms with Gasteiger partial charge in [-0.25, -0.2) is 9.98 Å². The summed E-state index contributed by atoms with van der Waals surface area (Å²) in [5.74, 6) is 0.821. The average molecular weight is 458 g/mol. The second kappa shape index (κ2) is 9.98. The number of nitrogens with zero attached hydrogens (tertiary/aromatic N) is 2. The molecule has 0 spiro atoms. The lowest BCUT2D eigenvalue weighted by molar-refractivity contribution is 0.582. The zero-order valence-electron chi connectivity index (χ0n) is 14.8. The summed E-state index contributed by atoms with van der Waals surface area (Å²) in [6, 6.07) is 10.3. The fourth-order valence-corrected chi connectivity index (χ4v) is 2.91. The second-order valence-electron chi connectivity index (χ2n) is 6.43. The van der Waals surface area contributed by atoms with Crippen LogP contribution in [-0.2, 0) is 18.5 Å². The Morgan fingerprint density at radius 3 is 2.46 bits per heavy atom. The lowest BCUT2D eigenvalue weighted by Gasteiger charge is -2.14. The molecule has 1 aromatic heterocycles. The van der Waals surface area contributed by atoms with Crippen LogP contribution in [0.15, 0.2) is 40.7 Å². The molecule has 0 fully saturated rings. The van der Waals surface area contributed by atoms with Crippen molar-refractivity contribution in [3.05, 3.63) is 52.0 Å². The molecule has 6 heteroatoms. The molecule has 4 nitrogen and oxygen atoms in total. The predicted octanol–water partition coefficient (Wildman–Crippen LogP) is 4.31. The maximum Gasteiger partial charge on any atom is 0.191 e. The summed E-state index contributed by atoms with van der Waals surface area (Å²) in [5.41, 5.74) is 2.37. The van der Waals surface area contributed by atoms with Crippen LogP contribution in [0.5, 0.6) is 0 Å². The minimum atomic E-state index is 0. The van der Waals surface area contributed by atoms with Gasteiger partial charge in [-0.1, -0.05) is 51.1 Å². The van der Waals surface area contributed by atoms with E-state index in [0.717, 1.165) is 18.2 Å². The molecule has 132 valence electrons. The third kappa shape index (κ3) is 6.76. The van der Waals surface area contributed by atoms with E-state index in [1.165, 1.54) is 10.6 Å². The van der Waals surface area contributed by atoms with Crippen molar-refractivity contribution in [3.8, 4) is 0 Å². The smallest absolute Gasteiger partial charge is 0.191 e. The highest BCUT2D eigenvalue weighted by atomic mass is 127. The second-order valence-corrected chi connectivity index (χ2v) is 7.29. The summed E-state index contributed by atoms with van der Waals surface area (Å²) in [4.78, 5) is 9.33. The molecule has 0 atom stereocenters. The molecule has 2 rings (SSSR count). The van der Waals surface area contributed by atoms with Crippen LogP contribution in [0.3, 0.4) is 0 Å². The van der Waals surface area contributed by atoms with Gasteiger partial charge in [-0.3, -0.25) is 0 Å². The summed E-state index contributed by atoms with van der Waals surface area (Å²) in [7, 11) is 0. The first-order valence-corrected chi connectivity index (χ1v) is 8.88. The van der Waals surface area contributed by atoms with E-state index in [4.69, 9.17) is 4.98 Å². The number of hydrogen-bond donors (Lipinski definition) is 2. The van der Waals surface area contributed by atoms with Crippen molar-refractivity contribution >= 4 is 41.3 Å². The first-order chi connectivity index (χ1) is 11.0. The van der Waals surface area contributed by atoms with Crippen molar-refractivity contribution in [2.75, 3.05) is 6.54 Å². The number of halogens is 1. The average Bonchev–Trinajstić information content (AvgIpc) is 3.00. The van der Waals surface area contributed by atoms with Crippen molar-refractivity contribution < 1.29 is 0 Å². The Labute approximate surface area is 166 Å². The van der Waals surface area contributed by atoms with E-state index in [2.05, 4.69) is 60.8 Å². The van der Waals surface area contributed by atoms with E-state index in [9.17, 15) is 0 Å². The monoisotopic (exact) mass is 458 g/mol. The molecular formula is C18H27IN4S. The van der Waals surface area contributed by atoms with Crippen LogP contribution in [0.4, 0.5) is 0 Å². The van der Waals surface area contributed by atoms with Gasteiger partial charge in [-0.2, -0.15) is 0 Å². The topological polar surface area (TPSA) is 49.3 Å². The highest BCUT2D eigenvalue weighted by Crippen LogP contribution is 2.25. The largest absolute Gasteiger partial charge is 0.357 e. The van der Waals surface area contributed by atoms with Crippen molar-refractivity contribution in [2.45, 2.75) is 46.2 Å². The molecule has 1 aromatic carbocycles. The van der Waals surface area contributed by atoms with Gasteiger partial charge in [0.25, 0.3) is 0 Å². The van der Waals surface area contributed by atoms with Gasteiger partial charge in [0, 0.05) is 17.3 Å². The van der Waals surface area contributed by atoms with Crippen LogP contribution in [-0.4, -0.2) is 17.5 Å². The molecule has 0 aliphatic carbocycles. The van der Waals surface area contributed by atoms with Gasteiger partial charge in [-0.05, 0) is 12.5 Å². The molecule has 1 heterocycles. The number of benzene rings is 1. The highest BCUT2D eigenvalue weighted by molar-refractivity contribution is 14.0. The van der Waals surface area contributed by atoms with Crippen molar-refractivity contribution in [1.82, 2.24) is 15.6 Å². The number of aliphatic imine (C=N–C) groups is 1. The fourth-order valence-electron chi connectivity index (χ4n) is 2.00. The predicted molar refractivity (Wildman–Crippen MR) is 114 cm³/mol. The molecule has 0 saturated carbocycles. The molecule has 0 amide bonds. The third-order valence-electron chi connectivity index (χ3n) is 3.24. The summed E-state index contributed by atoms with van der Waals surface area (Å²) in [6.45, 7) is 10.8. The van der Waals surface area contributed by atoms with Gasteiger partial charge in [0.1, 0.15) is 0 Å². The Kier molecular flexibility index (Phi) is 8.69. The normalized spacial score (nSPS) is 11.8. The SMILES string of the molecule is CCNC(=NCc1ccccc1)NCc1csc(C(C)(C)C)n1.I. The van der Waals surface area contributed by atoms with Gasteiger partial charge in [-0.15, -0.1) is 35.3 Å². The van der Waals surface area contributed by atoms with E-state index in [1.807, 2.05) is 18.2 Å². The molecule has 0 aliphatic rings. The summed E-state index contributed by atoms with van der Waals surface area (Å²) >= 11 is 1.72. The van der Waals surface area contributed by atoms with Crippen LogP contribution in [0, 0.1) is 0 Å². The van der Waals surface area contributed by atoms with E-state index in [1.54, 1.807) is 11.3 Å². The van der Waals surface area contributed by atoms with Gasteiger partial charge < -0.3 is 10.6 Å². The molecule has 0 aliphatic heterocycles. The van der Waals surface area contributed by atoms with Crippen molar-refractivity contribution in [3.63, 3.8) is 0 Å². The molecule has 0 unspecified atom stereocenters. The number of thiazole rings is 1. The zero-order valence-corrected chi connectivity index (χ0v) is 17.9. The highest BCUT2D eigenvalue weighted by Gasteiger charge is 2.17. The van der Waals surface area contributed by atoms with Gasteiger partial charge in [0.15, 0.2) is 5.96 Å².